The lowest BCUT2D eigenvalue weighted by molar-refractivity contribution is -0.120. The van der Waals surface area contributed by atoms with Crippen molar-refractivity contribution >= 4 is 35.2 Å². The van der Waals surface area contributed by atoms with Gasteiger partial charge in [0.1, 0.15) is 5.69 Å². The maximum absolute atomic E-state index is 11.8. The molecule has 2 amide bonds. The van der Waals surface area contributed by atoms with Gasteiger partial charge in [0.15, 0.2) is 0 Å². The highest BCUT2D eigenvalue weighted by molar-refractivity contribution is 7.98. The van der Waals surface area contributed by atoms with E-state index in [1.54, 1.807) is 17.8 Å². The molecule has 0 saturated heterocycles. The number of nitrogens with one attached hydrogen (secondary N) is 2. The van der Waals surface area contributed by atoms with Gasteiger partial charge in [-0.2, -0.15) is 11.8 Å². The molecule has 0 aliphatic heterocycles. The number of pyridine rings is 1. The highest BCUT2D eigenvalue weighted by atomic mass is 35.5. The lowest BCUT2D eigenvalue weighted by Gasteiger charge is -2.07. The summed E-state index contributed by atoms with van der Waals surface area (Å²) in [7, 11) is 0. The molecule has 0 saturated carbocycles. The Kier molecular flexibility index (Phi) is 7.58. The lowest BCUT2D eigenvalue weighted by Crippen LogP contribution is -2.38. The summed E-state index contributed by atoms with van der Waals surface area (Å²) in [6.07, 6.45) is 1.45. The SMILES string of the molecule is O=C(CNC(=O)c1cc(Cl)ccn1)NCCSCc1ccccc1. The number of carbonyl (C=O) groups is 2. The Hall–Kier alpha value is -2.05. The third-order valence-electron chi connectivity index (χ3n) is 3.04. The highest BCUT2D eigenvalue weighted by Crippen LogP contribution is 2.10. The number of benzene rings is 1. The van der Waals surface area contributed by atoms with Crippen molar-refractivity contribution < 1.29 is 9.59 Å². The minimum Gasteiger partial charge on any atom is -0.354 e. The number of hydrogen-bond acceptors (Lipinski definition) is 4. The maximum atomic E-state index is 11.8. The largest absolute Gasteiger partial charge is 0.354 e. The molecular formula is C17H18ClN3O2S. The van der Waals surface area contributed by atoms with Gasteiger partial charge in [-0.25, -0.2) is 0 Å². The second-order valence-corrected chi connectivity index (χ2v) is 6.47. The van der Waals surface area contributed by atoms with Crippen LogP contribution in [-0.4, -0.2) is 35.6 Å². The van der Waals surface area contributed by atoms with Crippen molar-refractivity contribution in [3.05, 3.63) is 64.9 Å². The van der Waals surface area contributed by atoms with Gasteiger partial charge in [0, 0.05) is 29.3 Å². The first-order valence-electron chi connectivity index (χ1n) is 7.43. The molecule has 0 spiro atoms. The van der Waals surface area contributed by atoms with Gasteiger partial charge in [0.05, 0.1) is 6.54 Å². The van der Waals surface area contributed by atoms with E-state index in [4.69, 9.17) is 11.6 Å². The Bertz CT molecular complexity index is 683. The van der Waals surface area contributed by atoms with E-state index in [-0.39, 0.29) is 18.1 Å². The molecule has 5 nitrogen and oxygen atoms in total. The molecule has 0 fully saturated rings. The summed E-state index contributed by atoms with van der Waals surface area (Å²) in [5, 5.41) is 5.71. The van der Waals surface area contributed by atoms with E-state index in [2.05, 4.69) is 27.8 Å². The molecule has 0 bridgehead atoms. The quantitative estimate of drug-likeness (QED) is 0.707. The Morgan fingerprint density at radius 3 is 2.67 bits per heavy atom. The first-order chi connectivity index (χ1) is 11.6. The second kappa shape index (κ2) is 9.95. The Morgan fingerprint density at radius 2 is 1.92 bits per heavy atom. The van der Waals surface area contributed by atoms with Gasteiger partial charge in [-0.15, -0.1) is 0 Å². The molecule has 0 unspecified atom stereocenters. The first-order valence-corrected chi connectivity index (χ1v) is 8.96. The molecule has 1 heterocycles. The zero-order valence-corrected chi connectivity index (χ0v) is 14.6. The van der Waals surface area contributed by atoms with Crippen molar-refractivity contribution in [1.82, 2.24) is 15.6 Å². The first kappa shape index (κ1) is 18.3. The van der Waals surface area contributed by atoms with Crippen LogP contribution in [0.1, 0.15) is 16.1 Å². The highest BCUT2D eigenvalue weighted by Gasteiger charge is 2.09. The van der Waals surface area contributed by atoms with Crippen LogP contribution in [0.5, 0.6) is 0 Å². The van der Waals surface area contributed by atoms with E-state index < -0.39 is 5.91 Å². The molecule has 2 N–H and O–H groups in total. The zero-order valence-electron chi connectivity index (χ0n) is 13.0. The zero-order chi connectivity index (χ0) is 17.2. The number of nitrogens with zero attached hydrogens (tertiary/aromatic N) is 1. The van der Waals surface area contributed by atoms with Crippen molar-refractivity contribution in [3.63, 3.8) is 0 Å². The molecular weight excluding hydrogens is 346 g/mol. The molecule has 1 aromatic heterocycles. The standard InChI is InChI=1S/C17H18ClN3O2S/c18-14-6-7-19-15(10-14)17(23)21-11-16(22)20-8-9-24-12-13-4-2-1-3-5-13/h1-7,10H,8-9,11-12H2,(H,20,22)(H,21,23). The normalized spacial score (nSPS) is 10.2. The van der Waals surface area contributed by atoms with Crippen molar-refractivity contribution in [2.24, 2.45) is 0 Å². The van der Waals surface area contributed by atoms with Crippen LogP contribution < -0.4 is 10.6 Å². The predicted octanol–water partition coefficient (Wildman–Crippen LogP) is 2.51. The molecule has 0 aliphatic carbocycles. The van der Waals surface area contributed by atoms with Crippen LogP contribution in [-0.2, 0) is 10.5 Å². The van der Waals surface area contributed by atoms with Gasteiger partial charge < -0.3 is 10.6 Å². The van der Waals surface area contributed by atoms with Crippen LogP contribution in [0.4, 0.5) is 0 Å². The monoisotopic (exact) mass is 363 g/mol. The fourth-order valence-corrected chi connectivity index (χ4v) is 2.85. The molecule has 0 aliphatic rings. The van der Waals surface area contributed by atoms with Crippen LogP contribution in [0, 0.1) is 0 Å². The van der Waals surface area contributed by atoms with Crippen LogP contribution in [0.15, 0.2) is 48.7 Å². The fourth-order valence-electron chi connectivity index (χ4n) is 1.87. The summed E-state index contributed by atoms with van der Waals surface area (Å²) < 4.78 is 0. The molecule has 2 aromatic rings. The number of hydrogen-bond donors (Lipinski definition) is 2. The summed E-state index contributed by atoms with van der Waals surface area (Å²) in [6, 6.07) is 13.2. The van der Waals surface area contributed by atoms with Gasteiger partial charge in [0.2, 0.25) is 5.91 Å². The molecule has 7 heteroatoms. The molecule has 2 rings (SSSR count). The number of thioether (sulfide) groups is 1. The summed E-state index contributed by atoms with van der Waals surface area (Å²) in [5.74, 6) is 1.06. The van der Waals surface area contributed by atoms with Crippen LogP contribution in [0.2, 0.25) is 5.02 Å². The third-order valence-corrected chi connectivity index (χ3v) is 4.31. The van der Waals surface area contributed by atoms with E-state index >= 15 is 0 Å². The van der Waals surface area contributed by atoms with Crippen molar-refractivity contribution in [2.45, 2.75) is 5.75 Å². The van der Waals surface area contributed by atoms with E-state index in [1.165, 1.54) is 17.8 Å². The molecule has 0 atom stereocenters. The molecule has 1 aromatic carbocycles. The smallest absolute Gasteiger partial charge is 0.270 e. The van der Waals surface area contributed by atoms with Gasteiger partial charge in [-0.05, 0) is 17.7 Å². The third kappa shape index (κ3) is 6.60. The van der Waals surface area contributed by atoms with E-state index in [0.717, 1.165) is 11.5 Å². The second-order valence-electron chi connectivity index (χ2n) is 4.93. The predicted molar refractivity (Wildman–Crippen MR) is 97.2 cm³/mol. The molecule has 126 valence electrons. The Morgan fingerprint density at radius 1 is 1.12 bits per heavy atom. The minimum absolute atomic E-state index is 0.0869. The van der Waals surface area contributed by atoms with Gasteiger partial charge in [-0.3, -0.25) is 14.6 Å². The molecule has 0 radical (unpaired) electrons. The fraction of sp³-hybridized carbons (Fsp3) is 0.235. The van der Waals surface area contributed by atoms with E-state index in [9.17, 15) is 9.59 Å². The number of aromatic nitrogens is 1. The Balaban J connectivity index is 1.59. The van der Waals surface area contributed by atoms with Crippen molar-refractivity contribution in [1.29, 1.82) is 0 Å². The van der Waals surface area contributed by atoms with Crippen LogP contribution >= 0.6 is 23.4 Å². The average molecular weight is 364 g/mol. The summed E-state index contributed by atoms with van der Waals surface area (Å²) in [6.45, 7) is 0.470. The van der Waals surface area contributed by atoms with Gasteiger partial charge >= 0.3 is 0 Å². The molecule has 24 heavy (non-hydrogen) atoms. The van der Waals surface area contributed by atoms with E-state index in [0.29, 0.717) is 11.6 Å². The summed E-state index contributed by atoms with van der Waals surface area (Å²) >= 11 is 7.54. The van der Waals surface area contributed by atoms with Gasteiger partial charge in [0.25, 0.3) is 5.91 Å². The maximum Gasteiger partial charge on any atom is 0.270 e. The summed E-state index contributed by atoms with van der Waals surface area (Å²) in [4.78, 5) is 27.4. The number of halogens is 1. The number of carbonyl (C=O) groups excluding carboxylic acids is 2. The van der Waals surface area contributed by atoms with Crippen LogP contribution in [0.25, 0.3) is 0 Å². The van der Waals surface area contributed by atoms with Crippen molar-refractivity contribution in [2.75, 3.05) is 18.8 Å². The average Bonchev–Trinajstić information content (AvgIpc) is 2.60. The number of amides is 2. The van der Waals surface area contributed by atoms with E-state index in [1.807, 2.05) is 18.2 Å². The minimum atomic E-state index is -0.425. The topological polar surface area (TPSA) is 71.1 Å². The van der Waals surface area contributed by atoms with Gasteiger partial charge in [-0.1, -0.05) is 41.9 Å². The lowest BCUT2D eigenvalue weighted by atomic mass is 10.2. The summed E-state index contributed by atoms with van der Waals surface area (Å²) in [5.41, 5.74) is 1.45. The van der Waals surface area contributed by atoms with Crippen LogP contribution in [0.3, 0.4) is 0 Å². The Labute approximate surface area is 150 Å². The number of rotatable bonds is 8. The van der Waals surface area contributed by atoms with Crippen molar-refractivity contribution in [3.8, 4) is 0 Å².